The Bertz CT molecular complexity index is 662. The molecule has 0 spiro atoms. The highest BCUT2D eigenvalue weighted by Crippen LogP contribution is 2.19. The second-order valence-electron chi connectivity index (χ2n) is 6.01. The van der Waals surface area contributed by atoms with Gasteiger partial charge in [0.2, 0.25) is 0 Å². The lowest BCUT2D eigenvalue weighted by molar-refractivity contribution is 0.102. The van der Waals surface area contributed by atoms with Crippen LogP contribution < -0.4 is 10.1 Å². The van der Waals surface area contributed by atoms with Gasteiger partial charge in [0.1, 0.15) is 5.75 Å². The Kier molecular flexibility index (Phi) is 5.21. The number of anilines is 1. The summed E-state index contributed by atoms with van der Waals surface area (Å²) in [5.74, 6) is 1.05. The summed E-state index contributed by atoms with van der Waals surface area (Å²) >= 11 is 0. The molecule has 0 fully saturated rings. The molecule has 0 saturated carbocycles. The summed E-state index contributed by atoms with van der Waals surface area (Å²) < 4.78 is 5.67. The first-order valence-electron chi connectivity index (χ1n) is 7.57. The molecule has 0 saturated heterocycles. The molecule has 2 rings (SSSR count). The van der Waals surface area contributed by atoms with Gasteiger partial charge in [-0.1, -0.05) is 37.6 Å². The van der Waals surface area contributed by atoms with Crippen LogP contribution in [0.4, 0.5) is 5.69 Å². The van der Waals surface area contributed by atoms with Gasteiger partial charge in [-0.15, -0.1) is 0 Å². The minimum absolute atomic E-state index is 0.123. The van der Waals surface area contributed by atoms with E-state index >= 15 is 0 Å². The van der Waals surface area contributed by atoms with Crippen molar-refractivity contribution in [1.29, 1.82) is 0 Å². The van der Waals surface area contributed by atoms with E-state index < -0.39 is 0 Å². The number of benzene rings is 2. The van der Waals surface area contributed by atoms with Crippen molar-refractivity contribution in [3.05, 3.63) is 59.2 Å². The lowest BCUT2D eigenvalue weighted by atomic mass is 10.1. The van der Waals surface area contributed by atoms with Gasteiger partial charge in [-0.3, -0.25) is 4.79 Å². The lowest BCUT2D eigenvalue weighted by Gasteiger charge is -2.11. The van der Waals surface area contributed by atoms with Gasteiger partial charge in [0.05, 0.1) is 6.61 Å². The fourth-order valence-corrected chi connectivity index (χ4v) is 2.14. The molecule has 0 atom stereocenters. The van der Waals surface area contributed by atoms with Gasteiger partial charge in [0.25, 0.3) is 5.91 Å². The largest absolute Gasteiger partial charge is 0.493 e. The SMILES string of the molecule is Cc1ccc(NC(=O)c2cccc(OCC(C)C)c2)c(C)c1. The van der Waals surface area contributed by atoms with Crippen LogP contribution in [0, 0.1) is 19.8 Å². The molecule has 0 unspecified atom stereocenters. The lowest BCUT2D eigenvalue weighted by Crippen LogP contribution is -2.13. The standard InChI is InChI=1S/C19H23NO2/c1-13(2)12-22-17-7-5-6-16(11-17)19(21)20-18-9-8-14(3)10-15(18)4/h5-11,13H,12H2,1-4H3,(H,20,21). The van der Waals surface area contributed by atoms with E-state index in [-0.39, 0.29) is 5.91 Å². The second kappa shape index (κ2) is 7.12. The molecule has 0 aliphatic rings. The van der Waals surface area contributed by atoms with E-state index in [1.54, 1.807) is 12.1 Å². The summed E-state index contributed by atoms with van der Waals surface area (Å²) in [4.78, 5) is 12.4. The Labute approximate surface area is 132 Å². The summed E-state index contributed by atoms with van der Waals surface area (Å²) in [6, 6.07) is 13.3. The molecule has 0 aromatic heterocycles. The van der Waals surface area contributed by atoms with Crippen LogP contribution in [0.15, 0.2) is 42.5 Å². The topological polar surface area (TPSA) is 38.3 Å². The highest BCUT2D eigenvalue weighted by atomic mass is 16.5. The molecule has 1 amide bonds. The van der Waals surface area contributed by atoms with Gasteiger partial charge in [-0.05, 0) is 49.6 Å². The Morgan fingerprint density at radius 3 is 2.59 bits per heavy atom. The van der Waals surface area contributed by atoms with Gasteiger partial charge in [0, 0.05) is 11.3 Å². The smallest absolute Gasteiger partial charge is 0.255 e. The summed E-state index contributed by atoms with van der Waals surface area (Å²) in [6.07, 6.45) is 0. The van der Waals surface area contributed by atoms with Gasteiger partial charge >= 0.3 is 0 Å². The van der Waals surface area contributed by atoms with Crippen molar-refractivity contribution in [2.24, 2.45) is 5.92 Å². The summed E-state index contributed by atoms with van der Waals surface area (Å²) in [7, 11) is 0. The van der Waals surface area contributed by atoms with Crippen LogP contribution in [-0.2, 0) is 0 Å². The number of hydrogen-bond acceptors (Lipinski definition) is 2. The summed E-state index contributed by atoms with van der Waals surface area (Å²) in [5, 5.41) is 2.95. The van der Waals surface area contributed by atoms with Crippen molar-refractivity contribution in [3.8, 4) is 5.75 Å². The van der Waals surface area contributed by atoms with Crippen molar-refractivity contribution in [3.63, 3.8) is 0 Å². The molecule has 3 nitrogen and oxygen atoms in total. The first-order chi connectivity index (χ1) is 10.5. The molecule has 1 N–H and O–H groups in total. The van der Waals surface area contributed by atoms with E-state index in [9.17, 15) is 4.79 Å². The third-order valence-electron chi connectivity index (χ3n) is 3.31. The van der Waals surface area contributed by atoms with Crippen LogP contribution in [0.3, 0.4) is 0 Å². The molecule has 22 heavy (non-hydrogen) atoms. The maximum Gasteiger partial charge on any atom is 0.255 e. The van der Waals surface area contributed by atoms with Gasteiger partial charge < -0.3 is 10.1 Å². The van der Waals surface area contributed by atoms with Gasteiger partial charge in [-0.2, -0.15) is 0 Å². The van der Waals surface area contributed by atoms with E-state index in [0.717, 1.165) is 17.0 Å². The van der Waals surface area contributed by atoms with Crippen LogP contribution in [-0.4, -0.2) is 12.5 Å². The number of amides is 1. The Balaban J connectivity index is 2.10. The first kappa shape index (κ1) is 16.1. The third-order valence-corrected chi connectivity index (χ3v) is 3.31. The second-order valence-corrected chi connectivity index (χ2v) is 6.01. The average Bonchev–Trinajstić information content (AvgIpc) is 2.48. The van der Waals surface area contributed by atoms with Crippen LogP contribution in [0.5, 0.6) is 5.75 Å². The van der Waals surface area contributed by atoms with Crippen molar-refractivity contribution < 1.29 is 9.53 Å². The van der Waals surface area contributed by atoms with Crippen molar-refractivity contribution >= 4 is 11.6 Å². The fraction of sp³-hybridized carbons (Fsp3) is 0.316. The fourth-order valence-electron chi connectivity index (χ4n) is 2.14. The number of aryl methyl sites for hydroxylation is 2. The predicted molar refractivity (Wildman–Crippen MR) is 90.6 cm³/mol. The van der Waals surface area contributed by atoms with Crippen LogP contribution in [0.1, 0.15) is 35.3 Å². The normalized spacial score (nSPS) is 10.6. The third kappa shape index (κ3) is 4.35. The number of hydrogen-bond donors (Lipinski definition) is 1. The number of rotatable bonds is 5. The molecule has 0 heterocycles. The number of carbonyl (C=O) groups excluding carboxylic acids is 1. The maximum absolute atomic E-state index is 12.4. The monoisotopic (exact) mass is 297 g/mol. The van der Waals surface area contributed by atoms with E-state index in [0.29, 0.717) is 18.1 Å². The molecule has 116 valence electrons. The van der Waals surface area contributed by atoms with E-state index in [4.69, 9.17) is 4.74 Å². The van der Waals surface area contributed by atoms with Crippen LogP contribution >= 0.6 is 0 Å². The van der Waals surface area contributed by atoms with E-state index in [1.165, 1.54) is 5.56 Å². The van der Waals surface area contributed by atoms with Gasteiger partial charge in [-0.25, -0.2) is 0 Å². The molecule has 2 aromatic rings. The quantitative estimate of drug-likeness (QED) is 0.876. The zero-order chi connectivity index (χ0) is 16.1. The molecular formula is C19H23NO2. The molecular weight excluding hydrogens is 274 g/mol. The Morgan fingerprint density at radius 1 is 1.14 bits per heavy atom. The molecule has 2 aromatic carbocycles. The summed E-state index contributed by atoms with van der Waals surface area (Å²) in [5.41, 5.74) is 3.67. The minimum atomic E-state index is -0.123. The highest BCUT2D eigenvalue weighted by Gasteiger charge is 2.09. The van der Waals surface area contributed by atoms with Crippen molar-refractivity contribution in [2.75, 3.05) is 11.9 Å². The van der Waals surface area contributed by atoms with Crippen LogP contribution in [0.2, 0.25) is 0 Å². The van der Waals surface area contributed by atoms with E-state index in [1.807, 2.05) is 38.1 Å². The Hall–Kier alpha value is -2.29. The number of carbonyl (C=O) groups is 1. The number of ether oxygens (including phenoxy) is 1. The zero-order valence-corrected chi connectivity index (χ0v) is 13.6. The molecule has 0 aliphatic carbocycles. The highest BCUT2D eigenvalue weighted by molar-refractivity contribution is 6.04. The first-order valence-corrected chi connectivity index (χ1v) is 7.57. The predicted octanol–water partition coefficient (Wildman–Crippen LogP) is 4.59. The van der Waals surface area contributed by atoms with Gasteiger partial charge in [0.15, 0.2) is 0 Å². The molecule has 3 heteroatoms. The Morgan fingerprint density at radius 2 is 1.91 bits per heavy atom. The van der Waals surface area contributed by atoms with Crippen molar-refractivity contribution in [1.82, 2.24) is 0 Å². The minimum Gasteiger partial charge on any atom is -0.493 e. The number of nitrogens with one attached hydrogen (secondary N) is 1. The van der Waals surface area contributed by atoms with Crippen molar-refractivity contribution in [2.45, 2.75) is 27.7 Å². The molecule has 0 bridgehead atoms. The molecule has 0 aliphatic heterocycles. The molecule has 0 radical (unpaired) electrons. The maximum atomic E-state index is 12.4. The van der Waals surface area contributed by atoms with Crippen LogP contribution in [0.25, 0.3) is 0 Å². The average molecular weight is 297 g/mol. The zero-order valence-electron chi connectivity index (χ0n) is 13.6. The van der Waals surface area contributed by atoms with E-state index in [2.05, 4.69) is 25.2 Å². The summed E-state index contributed by atoms with van der Waals surface area (Å²) in [6.45, 7) is 8.86.